The van der Waals surface area contributed by atoms with Gasteiger partial charge in [0.2, 0.25) is 0 Å². The smallest absolute Gasteiger partial charge is 0.278 e. The van der Waals surface area contributed by atoms with Gasteiger partial charge in [-0.3, -0.25) is 9.48 Å². The van der Waals surface area contributed by atoms with Crippen LogP contribution in [0.2, 0.25) is 0 Å². The summed E-state index contributed by atoms with van der Waals surface area (Å²) in [6.07, 6.45) is 6.08. The molecule has 0 aliphatic heterocycles. The SMILES string of the molecule is CC.COc1cc(C)cc(C(CN)n2cc(NC(=O)c3nccnc3N)cn2)c1. The van der Waals surface area contributed by atoms with E-state index in [0.29, 0.717) is 12.2 Å². The van der Waals surface area contributed by atoms with Gasteiger partial charge >= 0.3 is 0 Å². The Morgan fingerprint density at radius 3 is 2.62 bits per heavy atom. The van der Waals surface area contributed by atoms with Crippen LogP contribution >= 0.6 is 0 Å². The number of methoxy groups -OCH3 is 1. The number of nitrogen functional groups attached to an aromatic ring is 1. The molecule has 3 rings (SSSR count). The number of rotatable bonds is 6. The van der Waals surface area contributed by atoms with E-state index in [4.69, 9.17) is 16.2 Å². The van der Waals surface area contributed by atoms with E-state index in [2.05, 4.69) is 20.4 Å². The van der Waals surface area contributed by atoms with Crippen molar-refractivity contribution >= 4 is 17.4 Å². The van der Waals surface area contributed by atoms with Gasteiger partial charge in [-0.05, 0) is 30.2 Å². The molecule has 1 unspecified atom stereocenters. The fourth-order valence-electron chi connectivity index (χ4n) is 2.77. The maximum absolute atomic E-state index is 12.3. The minimum absolute atomic E-state index is 0.0593. The van der Waals surface area contributed by atoms with Crippen LogP contribution in [-0.4, -0.2) is 39.3 Å². The van der Waals surface area contributed by atoms with Crippen molar-refractivity contribution in [3.05, 3.63) is 59.8 Å². The summed E-state index contributed by atoms with van der Waals surface area (Å²) in [6, 6.07) is 5.69. The lowest BCUT2D eigenvalue weighted by Crippen LogP contribution is -2.21. The molecule has 0 fully saturated rings. The maximum Gasteiger partial charge on any atom is 0.278 e. The maximum atomic E-state index is 12.3. The van der Waals surface area contributed by atoms with Crippen LogP contribution in [0.15, 0.2) is 43.0 Å². The van der Waals surface area contributed by atoms with Gasteiger partial charge in [-0.15, -0.1) is 0 Å². The van der Waals surface area contributed by atoms with Gasteiger partial charge in [-0.25, -0.2) is 9.97 Å². The number of ether oxygens (including phenoxy) is 1. The van der Waals surface area contributed by atoms with Gasteiger partial charge in [-0.2, -0.15) is 5.10 Å². The standard InChI is InChI=1S/C18H21N7O2.C2H6/c1-11-5-12(7-14(6-11)27-2)15(8-19)25-10-13(9-23-25)24-18(26)16-17(20)22-4-3-21-16;1-2/h3-7,9-10,15H,8,19H2,1-2H3,(H2,20,22)(H,24,26);1-2H3. The molecule has 2 heterocycles. The molecule has 5 N–H and O–H groups in total. The third-order valence-corrected chi connectivity index (χ3v) is 4.04. The molecule has 0 spiro atoms. The van der Waals surface area contributed by atoms with Crippen molar-refractivity contribution in [1.29, 1.82) is 0 Å². The number of aromatic nitrogens is 4. The molecule has 2 aromatic heterocycles. The van der Waals surface area contributed by atoms with E-state index in [-0.39, 0.29) is 17.6 Å². The second-order valence-electron chi connectivity index (χ2n) is 5.99. The number of anilines is 2. The lowest BCUT2D eigenvalue weighted by atomic mass is 10.0. The van der Waals surface area contributed by atoms with Crippen LogP contribution in [0.1, 0.15) is 41.5 Å². The van der Waals surface area contributed by atoms with Gasteiger partial charge in [-0.1, -0.05) is 19.9 Å². The van der Waals surface area contributed by atoms with Crippen molar-refractivity contribution in [1.82, 2.24) is 19.7 Å². The normalized spacial score (nSPS) is 11.2. The van der Waals surface area contributed by atoms with E-state index in [0.717, 1.165) is 16.9 Å². The van der Waals surface area contributed by atoms with Crippen LogP contribution in [0, 0.1) is 6.92 Å². The quantitative estimate of drug-likeness (QED) is 0.581. The molecule has 0 aliphatic carbocycles. The zero-order valence-electron chi connectivity index (χ0n) is 17.1. The second-order valence-corrected chi connectivity index (χ2v) is 5.99. The van der Waals surface area contributed by atoms with Crippen LogP contribution in [0.4, 0.5) is 11.5 Å². The van der Waals surface area contributed by atoms with Crippen molar-refractivity contribution in [2.45, 2.75) is 26.8 Å². The van der Waals surface area contributed by atoms with Crippen molar-refractivity contribution in [2.24, 2.45) is 5.73 Å². The first kappa shape index (κ1) is 21.8. The summed E-state index contributed by atoms with van der Waals surface area (Å²) < 4.78 is 7.03. The van der Waals surface area contributed by atoms with E-state index in [1.54, 1.807) is 24.2 Å². The first-order chi connectivity index (χ1) is 14.0. The summed E-state index contributed by atoms with van der Waals surface area (Å²) in [7, 11) is 1.62. The molecule has 0 radical (unpaired) electrons. The number of nitrogens with zero attached hydrogens (tertiary/aromatic N) is 4. The molecule has 0 aliphatic rings. The highest BCUT2D eigenvalue weighted by atomic mass is 16.5. The van der Waals surface area contributed by atoms with Crippen LogP contribution in [0.3, 0.4) is 0 Å². The molecule has 9 heteroatoms. The summed E-state index contributed by atoms with van der Waals surface area (Å²) in [5.74, 6) is 0.359. The highest BCUT2D eigenvalue weighted by molar-refractivity contribution is 6.05. The molecular formula is C20H27N7O2. The molecular weight excluding hydrogens is 370 g/mol. The minimum Gasteiger partial charge on any atom is -0.497 e. The fraction of sp³-hybridized carbons (Fsp3) is 0.300. The lowest BCUT2D eigenvalue weighted by molar-refractivity contribution is 0.102. The molecule has 3 aromatic rings. The Balaban J connectivity index is 0.00000145. The highest BCUT2D eigenvalue weighted by Gasteiger charge is 2.17. The van der Waals surface area contributed by atoms with E-state index < -0.39 is 5.91 Å². The number of hydrogen-bond donors (Lipinski definition) is 3. The Bertz CT molecular complexity index is 956. The molecule has 29 heavy (non-hydrogen) atoms. The zero-order valence-corrected chi connectivity index (χ0v) is 17.1. The molecule has 1 amide bonds. The average molecular weight is 397 g/mol. The van der Waals surface area contributed by atoms with E-state index in [1.165, 1.54) is 12.4 Å². The van der Waals surface area contributed by atoms with Gasteiger partial charge < -0.3 is 21.5 Å². The molecule has 0 saturated heterocycles. The molecule has 1 atom stereocenters. The number of nitrogens with two attached hydrogens (primary N) is 2. The van der Waals surface area contributed by atoms with Crippen LogP contribution in [0.5, 0.6) is 5.75 Å². The van der Waals surface area contributed by atoms with Gasteiger partial charge in [0.15, 0.2) is 11.5 Å². The largest absolute Gasteiger partial charge is 0.497 e. The first-order valence-electron chi connectivity index (χ1n) is 9.29. The Hall–Kier alpha value is -3.46. The summed E-state index contributed by atoms with van der Waals surface area (Å²) in [5.41, 5.74) is 14.2. The topological polar surface area (TPSA) is 134 Å². The predicted octanol–water partition coefficient (Wildman–Crippen LogP) is 2.40. The number of nitrogens with one attached hydrogen (secondary N) is 1. The third-order valence-electron chi connectivity index (χ3n) is 4.04. The van der Waals surface area contributed by atoms with Gasteiger partial charge in [0.1, 0.15) is 5.75 Å². The van der Waals surface area contributed by atoms with Gasteiger partial charge in [0.25, 0.3) is 5.91 Å². The Morgan fingerprint density at radius 1 is 1.24 bits per heavy atom. The number of amides is 1. The number of hydrogen-bond acceptors (Lipinski definition) is 7. The van der Waals surface area contributed by atoms with Crippen LogP contribution in [-0.2, 0) is 0 Å². The predicted molar refractivity (Wildman–Crippen MR) is 113 cm³/mol. The van der Waals surface area contributed by atoms with Gasteiger partial charge in [0.05, 0.1) is 25.0 Å². The van der Waals surface area contributed by atoms with Crippen LogP contribution in [0.25, 0.3) is 0 Å². The molecule has 9 nitrogen and oxygen atoms in total. The average Bonchev–Trinajstić information content (AvgIpc) is 3.18. The Morgan fingerprint density at radius 2 is 1.97 bits per heavy atom. The van der Waals surface area contributed by atoms with E-state index in [9.17, 15) is 4.79 Å². The van der Waals surface area contributed by atoms with Crippen molar-refractivity contribution in [3.63, 3.8) is 0 Å². The second kappa shape index (κ2) is 10.2. The Labute approximate surface area is 170 Å². The summed E-state index contributed by atoms with van der Waals surface area (Å²) in [4.78, 5) is 20.1. The monoisotopic (exact) mass is 397 g/mol. The zero-order chi connectivity index (χ0) is 21.4. The number of aryl methyl sites for hydroxylation is 1. The summed E-state index contributed by atoms with van der Waals surface area (Å²) in [6.45, 7) is 6.32. The summed E-state index contributed by atoms with van der Waals surface area (Å²) >= 11 is 0. The van der Waals surface area contributed by atoms with Crippen molar-refractivity contribution < 1.29 is 9.53 Å². The molecule has 0 bridgehead atoms. The van der Waals surface area contributed by atoms with Crippen LogP contribution < -0.4 is 21.5 Å². The Kier molecular flexibility index (Phi) is 7.67. The van der Waals surface area contributed by atoms with Gasteiger partial charge in [0, 0.05) is 25.1 Å². The van der Waals surface area contributed by atoms with Crippen molar-refractivity contribution in [3.8, 4) is 5.75 Å². The number of benzene rings is 1. The number of carbonyl (C=O) groups is 1. The van der Waals surface area contributed by atoms with Crippen molar-refractivity contribution in [2.75, 3.05) is 24.7 Å². The molecule has 1 aromatic carbocycles. The first-order valence-corrected chi connectivity index (χ1v) is 9.29. The third kappa shape index (κ3) is 5.29. The van der Waals surface area contributed by atoms with E-state index >= 15 is 0 Å². The molecule has 154 valence electrons. The highest BCUT2D eigenvalue weighted by Crippen LogP contribution is 2.24. The summed E-state index contributed by atoms with van der Waals surface area (Å²) in [5, 5.41) is 7.05. The minimum atomic E-state index is -0.457. The van der Waals surface area contributed by atoms with E-state index in [1.807, 2.05) is 39.0 Å². The number of carbonyl (C=O) groups excluding carboxylic acids is 1. The molecule has 0 saturated carbocycles. The fourth-order valence-corrected chi connectivity index (χ4v) is 2.77. The lowest BCUT2D eigenvalue weighted by Gasteiger charge is -2.17.